The number of aliphatic hydroxyl groups excluding tert-OH is 1. The van der Waals surface area contributed by atoms with E-state index in [9.17, 15) is 9.90 Å². The summed E-state index contributed by atoms with van der Waals surface area (Å²) in [5, 5.41) is 10.1. The van der Waals surface area contributed by atoms with Crippen LogP contribution < -0.4 is 9.47 Å². The maximum Gasteiger partial charge on any atom is 0.182 e. The number of carbonyl (C=O) groups excluding carboxylic acids is 1. The van der Waals surface area contributed by atoms with Crippen molar-refractivity contribution in [2.45, 2.75) is 90.9 Å². The Labute approximate surface area is 236 Å². The Hall–Kier alpha value is -3.27. The van der Waals surface area contributed by atoms with Gasteiger partial charge in [-0.3, -0.25) is 4.79 Å². The molecule has 1 N–H and O–H groups in total. The lowest BCUT2D eigenvalue weighted by molar-refractivity contribution is -0.110. The molecule has 2 aromatic rings. The van der Waals surface area contributed by atoms with Crippen molar-refractivity contribution in [1.29, 1.82) is 0 Å². The first-order chi connectivity index (χ1) is 19.1. The topological polar surface area (TPSA) is 55.8 Å². The van der Waals surface area contributed by atoms with E-state index < -0.39 is 0 Å². The molecular weight excluding hydrogens is 484 g/mol. The number of rotatable bonds is 21. The van der Waals surface area contributed by atoms with Crippen molar-refractivity contribution in [3.05, 3.63) is 83.6 Å². The summed E-state index contributed by atoms with van der Waals surface area (Å²) in [6.45, 7) is 5.92. The highest BCUT2D eigenvalue weighted by molar-refractivity contribution is 6.02. The molecule has 0 radical (unpaired) electrons. The molecule has 4 heteroatoms. The molecule has 4 nitrogen and oxygen atoms in total. The van der Waals surface area contributed by atoms with Gasteiger partial charge in [-0.2, -0.15) is 0 Å². The summed E-state index contributed by atoms with van der Waals surface area (Å²) in [5.41, 5.74) is 1.82. The molecule has 0 unspecified atom stereocenters. The van der Waals surface area contributed by atoms with E-state index in [-0.39, 0.29) is 11.5 Å². The van der Waals surface area contributed by atoms with Crippen LogP contribution in [-0.2, 0) is 4.79 Å². The second-order valence-electron chi connectivity index (χ2n) is 10.0. The van der Waals surface area contributed by atoms with Crippen LogP contribution >= 0.6 is 0 Å². The zero-order valence-corrected chi connectivity index (χ0v) is 24.1. The molecule has 0 spiro atoms. The summed E-state index contributed by atoms with van der Waals surface area (Å²) < 4.78 is 11.6. The van der Waals surface area contributed by atoms with Crippen molar-refractivity contribution >= 4 is 17.9 Å². The standard InChI is InChI=1S/C35H48O4/c1-3-5-7-9-11-13-27-38-34-23-17-30(18-24-34)15-21-32(36)29-33(37)22-16-31-19-25-35(26-20-31)39-28-14-12-10-8-6-4-2/h15-26,29,36H,3-14,27-28H2,1-2H3/b21-15+,22-16+,32-29-. The van der Waals surface area contributed by atoms with Gasteiger partial charge in [-0.25, -0.2) is 0 Å². The third-order valence-electron chi connectivity index (χ3n) is 6.47. The van der Waals surface area contributed by atoms with E-state index in [0.29, 0.717) is 0 Å². The molecule has 0 aliphatic heterocycles. The van der Waals surface area contributed by atoms with Crippen molar-refractivity contribution in [1.82, 2.24) is 0 Å². The SMILES string of the molecule is CCCCCCCCOc1ccc(/C=C/C(=O)/C=C(O)/C=C/c2ccc(OCCCCCCCC)cc2)cc1. The van der Waals surface area contributed by atoms with Crippen molar-refractivity contribution in [3.8, 4) is 11.5 Å². The monoisotopic (exact) mass is 532 g/mol. The Morgan fingerprint density at radius 1 is 0.615 bits per heavy atom. The quantitative estimate of drug-likeness (QED) is 0.0752. The lowest BCUT2D eigenvalue weighted by atomic mass is 10.1. The van der Waals surface area contributed by atoms with Gasteiger partial charge in [0.15, 0.2) is 5.78 Å². The first-order valence-corrected chi connectivity index (χ1v) is 14.9. The van der Waals surface area contributed by atoms with Crippen molar-refractivity contribution in [2.24, 2.45) is 0 Å². The minimum Gasteiger partial charge on any atom is -0.508 e. The maximum atomic E-state index is 12.2. The Bertz CT molecular complexity index is 1000. The summed E-state index contributed by atoms with van der Waals surface area (Å²) in [5.74, 6) is 1.32. The zero-order valence-electron chi connectivity index (χ0n) is 24.1. The first kappa shape index (κ1) is 31.9. The molecule has 0 bridgehead atoms. The highest BCUT2D eigenvalue weighted by Crippen LogP contribution is 2.16. The van der Waals surface area contributed by atoms with E-state index in [4.69, 9.17) is 9.47 Å². The molecule has 0 atom stereocenters. The molecule has 0 aliphatic rings. The fraction of sp³-hybridized carbons (Fsp3) is 0.457. The number of aliphatic hydroxyl groups is 1. The smallest absolute Gasteiger partial charge is 0.182 e. The molecule has 0 aromatic heterocycles. The maximum absolute atomic E-state index is 12.2. The number of allylic oxidation sites excluding steroid dienone is 3. The third-order valence-corrected chi connectivity index (χ3v) is 6.47. The van der Waals surface area contributed by atoms with Crippen LogP contribution in [0.2, 0.25) is 0 Å². The van der Waals surface area contributed by atoms with Gasteiger partial charge < -0.3 is 14.6 Å². The van der Waals surface area contributed by atoms with Gasteiger partial charge in [-0.05, 0) is 60.4 Å². The van der Waals surface area contributed by atoms with Crippen molar-refractivity contribution < 1.29 is 19.4 Å². The highest BCUT2D eigenvalue weighted by atomic mass is 16.5. The number of carbonyl (C=O) groups is 1. The molecule has 2 rings (SSSR count). The van der Waals surface area contributed by atoms with Gasteiger partial charge in [0.2, 0.25) is 0 Å². The van der Waals surface area contributed by atoms with E-state index in [1.54, 1.807) is 12.2 Å². The number of unbranched alkanes of at least 4 members (excludes halogenated alkanes) is 10. The van der Waals surface area contributed by atoms with Gasteiger partial charge in [-0.1, -0.05) is 114 Å². The minimum absolute atomic E-state index is 0.0912. The second-order valence-corrected chi connectivity index (χ2v) is 10.0. The number of benzene rings is 2. The fourth-order valence-corrected chi connectivity index (χ4v) is 4.10. The van der Waals surface area contributed by atoms with Gasteiger partial charge in [0, 0.05) is 6.08 Å². The molecule has 0 heterocycles. The average Bonchev–Trinajstić information content (AvgIpc) is 2.95. The summed E-state index contributed by atoms with van der Waals surface area (Å²) in [4.78, 5) is 12.2. The zero-order chi connectivity index (χ0) is 28.0. The molecular formula is C35H48O4. The van der Waals surface area contributed by atoms with Crippen LogP contribution in [0, 0.1) is 0 Å². The van der Waals surface area contributed by atoms with Crippen molar-refractivity contribution in [3.63, 3.8) is 0 Å². The van der Waals surface area contributed by atoms with Crippen molar-refractivity contribution in [2.75, 3.05) is 13.2 Å². The van der Waals surface area contributed by atoms with Gasteiger partial charge in [0.1, 0.15) is 17.3 Å². The van der Waals surface area contributed by atoms with E-state index in [1.807, 2.05) is 48.5 Å². The van der Waals surface area contributed by atoms with Crippen LogP contribution in [0.3, 0.4) is 0 Å². The van der Waals surface area contributed by atoms with Crippen LogP contribution in [0.25, 0.3) is 12.2 Å². The first-order valence-electron chi connectivity index (χ1n) is 14.9. The number of hydrogen-bond acceptors (Lipinski definition) is 4. The molecule has 0 amide bonds. The summed E-state index contributed by atoms with van der Waals surface area (Å²) in [7, 11) is 0. The molecule has 39 heavy (non-hydrogen) atoms. The van der Waals surface area contributed by atoms with Gasteiger partial charge >= 0.3 is 0 Å². The average molecular weight is 533 g/mol. The van der Waals surface area contributed by atoms with Gasteiger partial charge in [0.25, 0.3) is 0 Å². The Morgan fingerprint density at radius 3 is 1.49 bits per heavy atom. The Kier molecular flexibility index (Phi) is 16.9. The largest absolute Gasteiger partial charge is 0.508 e. The minimum atomic E-state index is -0.279. The lowest BCUT2D eigenvalue weighted by Gasteiger charge is -2.06. The molecule has 0 aliphatic carbocycles. The fourth-order valence-electron chi connectivity index (χ4n) is 4.10. The van der Waals surface area contributed by atoms with Crippen LogP contribution in [0.4, 0.5) is 0 Å². The highest BCUT2D eigenvalue weighted by Gasteiger charge is 1.99. The number of ketones is 1. The second kappa shape index (κ2) is 20.7. The third kappa shape index (κ3) is 15.7. The van der Waals surface area contributed by atoms with E-state index >= 15 is 0 Å². The Morgan fingerprint density at radius 2 is 1.03 bits per heavy atom. The Balaban J connectivity index is 1.69. The molecule has 0 saturated heterocycles. The van der Waals surface area contributed by atoms with Gasteiger partial charge in [-0.15, -0.1) is 0 Å². The van der Waals surface area contributed by atoms with Gasteiger partial charge in [0.05, 0.1) is 13.2 Å². The van der Waals surface area contributed by atoms with Crippen LogP contribution in [0.15, 0.2) is 72.5 Å². The predicted molar refractivity (Wildman–Crippen MR) is 164 cm³/mol. The summed E-state index contributed by atoms with van der Waals surface area (Å²) in [6, 6.07) is 15.4. The van der Waals surface area contributed by atoms with Crippen LogP contribution in [0.1, 0.15) is 102 Å². The predicted octanol–water partition coefficient (Wildman–Crippen LogP) is 9.90. The molecule has 0 fully saturated rings. The van der Waals surface area contributed by atoms with Crippen LogP contribution in [0.5, 0.6) is 11.5 Å². The number of hydrogen-bond donors (Lipinski definition) is 1. The van der Waals surface area contributed by atoms with E-state index in [2.05, 4.69) is 13.8 Å². The normalized spacial score (nSPS) is 11.9. The number of ether oxygens (including phenoxy) is 2. The lowest BCUT2D eigenvalue weighted by Crippen LogP contribution is -1.97. The summed E-state index contributed by atoms with van der Waals surface area (Å²) >= 11 is 0. The van der Waals surface area contributed by atoms with Crippen LogP contribution in [-0.4, -0.2) is 24.1 Å². The molecule has 212 valence electrons. The summed E-state index contributed by atoms with van der Waals surface area (Å²) in [6.07, 6.45) is 22.6. The van der Waals surface area contributed by atoms with E-state index in [0.717, 1.165) is 48.7 Å². The van der Waals surface area contributed by atoms with E-state index in [1.165, 1.54) is 82.4 Å². The molecule has 2 aromatic carbocycles. The molecule has 0 saturated carbocycles.